The molecule has 0 saturated carbocycles. The Morgan fingerprint density at radius 3 is 2.04 bits per heavy atom. The van der Waals surface area contributed by atoms with Gasteiger partial charge in [0.05, 0.1) is 11.4 Å². The molecule has 1 aliphatic heterocycles. The van der Waals surface area contributed by atoms with Gasteiger partial charge in [-0.15, -0.1) is 0 Å². The van der Waals surface area contributed by atoms with Crippen molar-refractivity contribution in [1.29, 1.82) is 0 Å². The summed E-state index contributed by atoms with van der Waals surface area (Å²) in [5.74, 6) is -0.946. The van der Waals surface area contributed by atoms with E-state index in [1.165, 1.54) is 0 Å². The van der Waals surface area contributed by atoms with Gasteiger partial charge in [0.1, 0.15) is 6.04 Å². The number of carboxylic acid groups (broad SMARTS) is 1. The minimum absolute atomic E-state index is 0.143. The molecule has 2 N–H and O–H groups in total. The monoisotopic (exact) mass is 325 g/mol. The van der Waals surface area contributed by atoms with Crippen LogP contribution in [0.3, 0.4) is 0 Å². The molecule has 3 rings (SSSR count). The van der Waals surface area contributed by atoms with Crippen LogP contribution in [0.25, 0.3) is 0 Å². The van der Waals surface area contributed by atoms with Gasteiger partial charge in [-0.2, -0.15) is 0 Å². The standard InChI is InChI=1S/C18H19N3O3/c22-17(23)16-13-20(12-11-19-16)18(24)21(14-7-3-1-4-8-14)15-9-5-2-6-10-15/h1-10,16,19H,11-13H2,(H,22,23)/t16-/m0/s1. The molecule has 6 nitrogen and oxygen atoms in total. The lowest BCUT2D eigenvalue weighted by molar-refractivity contribution is -0.140. The smallest absolute Gasteiger partial charge is 0.329 e. The predicted octanol–water partition coefficient (Wildman–Crippen LogP) is 2.30. The fourth-order valence-corrected chi connectivity index (χ4v) is 2.75. The van der Waals surface area contributed by atoms with Crippen molar-refractivity contribution in [3.05, 3.63) is 60.7 Å². The van der Waals surface area contributed by atoms with E-state index in [0.29, 0.717) is 13.1 Å². The summed E-state index contributed by atoms with van der Waals surface area (Å²) in [6, 6.07) is 17.8. The van der Waals surface area contributed by atoms with E-state index in [1.54, 1.807) is 9.80 Å². The van der Waals surface area contributed by atoms with Gasteiger partial charge in [0.2, 0.25) is 0 Å². The van der Waals surface area contributed by atoms with Gasteiger partial charge >= 0.3 is 12.0 Å². The molecule has 2 aromatic rings. The number of anilines is 2. The quantitative estimate of drug-likeness (QED) is 0.908. The summed E-state index contributed by atoms with van der Waals surface area (Å²) in [7, 11) is 0. The average molecular weight is 325 g/mol. The fourth-order valence-electron chi connectivity index (χ4n) is 2.75. The summed E-state index contributed by atoms with van der Waals surface area (Å²) in [4.78, 5) is 27.5. The minimum Gasteiger partial charge on any atom is -0.480 e. The van der Waals surface area contributed by atoms with Crippen molar-refractivity contribution >= 4 is 23.4 Å². The van der Waals surface area contributed by atoms with Crippen LogP contribution in [0, 0.1) is 0 Å². The topological polar surface area (TPSA) is 72.9 Å². The number of hydrogen-bond donors (Lipinski definition) is 2. The molecule has 24 heavy (non-hydrogen) atoms. The van der Waals surface area contributed by atoms with E-state index in [0.717, 1.165) is 11.4 Å². The largest absolute Gasteiger partial charge is 0.480 e. The first kappa shape index (κ1) is 16.0. The summed E-state index contributed by atoms with van der Waals surface area (Å²) < 4.78 is 0. The number of benzene rings is 2. The van der Waals surface area contributed by atoms with Crippen molar-refractivity contribution in [2.45, 2.75) is 6.04 Å². The molecule has 1 fully saturated rings. The molecular weight excluding hydrogens is 306 g/mol. The molecule has 0 bridgehead atoms. The van der Waals surface area contributed by atoms with E-state index < -0.39 is 12.0 Å². The molecule has 1 saturated heterocycles. The Bertz CT molecular complexity index is 666. The highest BCUT2D eigenvalue weighted by Crippen LogP contribution is 2.26. The SMILES string of the molecule is O=C(O)[C@@H]1CN(C(=O)N(c2ccccc2)c2ccccc2)CCN1. The highest BCUT2D eigenvalue weighted by atomic mass is 16.4. The lowest BCUT2D eigenvalue weighted by atomic mass is 10.2. The van der Waals surface area contributed by atoms with Crippen LogP contribution >= 0.6 is 0 Å². The van der Waals surface area contributed by atoms with E-state index in [4.69, 9.17) is 0 Å². The minimum atomic E-state index is -0.946. The van der Waals surface area contributed by atoms with Gasteiger partial charge < -0.3 is 15.3 Å². The maximum atomic E-state index is 13.1. The Hall–Kier alpha value is -2.86. The molecule has 0 radical (unpaired) electrons. The van der Waals surface area contributed by atoms with E-state index in [1.807, 2.05) is 60.7 Å². The number of piperazine rings is 1. The van der Waals surface area contributed by atoms with E-state index in [2.05, 4.69) is 5.32 Å². The summed E-state index contributed by atoms with van der Waals surface area (Å²) >= 11 is 0. The van der Waals surface area contributed by atoms with Crippen LogP contribution in [0.15, 0.2) is 60.7 Å². The lowest BCUT2D eigenvalue weighted by Crippen LogP contribution is -2.57. The van der Waals surface area contributed by atoms with Crippen molar-refractivity contribution in [3.63, 3.8) is 0 Å². The van der Waals surface area contributed by atoms with Gasteiger partial charge in [-0.05, 0) is 24.3 Å². The van der Waals surface area contributed by atoms with Gasteiger partial charge in [0, 0.05) is 19.6 Å². The third-order valence-corrected chi connectivity index (χ3v) is 3.96. The fraction of sp³-hybridized carbons (Fsp3) is 0.222. The molecule has 1 heterocycles. The number of nitrogens with zero attached hydrogens (tertiary/aromatic N) is 2. The number of urea groups is 1. The Morgan fingerprint density at radius 1 is 1.00 bits per heavy atom. The first-order chi connectivity index (χ1) is 11.7. The van der Waals surface area contributed by atoms with E-state index >= 15 is 0 Å². The molecule has 124 valence electrons. The summed E-state index contributed by atoms with van der Waals surface area (Å²) in [5.41, 5.74) is 1.50. The van der Waals surface area contributed by atoms with Crippen molar-refractivity contribution < 1.29 is 14.7 Å². The van der Waals surface area contributed by atoms with Crippen LogP contribution in [0.2, 0.25) is 0 Å². The number of aliphatic carboxylic acids is 1. The molecule has 0 spiro atoms. The van der Waals surface area contributed by atoms with Gasteiger partial charge in [-0.3, -0.25) is 9.69 Å². The Kier molecular flexibility index (Phi) is 4.77. The van der Waals surface area contributed by atoms with Crippen LogP contribution in [0.5, 0.6) is 0 Å². The average Bonchev–Trinajstić information content (AvgIpc) is 2.64. The second-order valence-electron chi connectivity index (χ2n) is 5.58. The molecule has 2 aromatic carbocycles. The first-order valence-corrected chi connectivity index (χ1v) is 7.82. The lowest BCUT2D eigenvalue weighted by Gasteiger charge is -2.35. The van der Waals surface area contributed by atoms with Crippen molar-refractivity contribution in [2.24, 2.45) is 0 Å². The number of carbonyl (C=O) groups is 2. The Balaban J connectivity index is 1.91. The van der Waals surface area contributed by atoms with Gasteiger partial charge in [-0.25, -0.2) is 4.79 Å². The van der Waals surface area contributed by atoms with Gasteiger partial charge in [0.25, 0.3) is 0 Å². The molecule has 2 amide bonds. The summed E-state index contributed by atoms with van der Waals surface area (Å²) in [6.07, 6.45) is 0. The van der Waals surface area contributed by atoms with Crippen molar-refractivity contribution in [2.75, 3.05) is 24.5 Å². The van der Waals surface area contributed by atoms with Crippen LogP contribution in [-0.2, 0) is 4.79 Å². The maximum Gasteiger partial charge on any atom is 0.329 e. The van der Waals surface area contributed by atoms with Gasteiger partial charge in [-0.1, -0.05) is 36.4 Å². The summed E-state index contributed by atoms with van der Waals surface area (Å²) in [5, 5.41) is 12.1. The molecule has 0 aliphatic carbocycles. The molecule has 0 unspecified atom stereocenters. The first-order valence-electron chi connectivity index (χ1n) is 7.82. The number of carboxylic acids is 1. The van der Waals surface area contributed by atoms with Crippen LogP contribution in [-0.4, -0.2) is 47.7 Å². The number of hydrogen-bond acceptors (Lipinski definition) is 3. The number of nitrogens with one attached hydrogen (secondary N) is 1. The molecule has 1 atom stereocenters. The predicted molar refractivity (Wildman–Crippen MR) is 91.4 cm³/mol. The zero-order chi connectivity index (χ0) is 16.9. The second-order valence-corrected chi connectivity index (χ2v) is 5.58. The molecule has 1 aliphatic rings. The zero-order valence-corrected chi connectivity index (χ0v) is 13.1. The highest BCUT2D eigenvalue weighted by molar-refractivity contribution is 5.99. The number of para-hydroxylation sites is 2. The molecular formula is C18H19N3O3. The maximum absolute atomic E-state index is 13.1. The van der Waals surface area contributed by atoms with Crippen LogP contribution < -0.4 is 10.2 Å². The Morgan fingerprint density at radius 2 is 1.54 bits per heavy atom. The molecule has 6 heteroatoms. The van der Waals surface area contributed by atoms with Crippen LogP contribution in [0.1, 0.15) is 0 Å². The Labute approximate surface area is 140 Å². The van der Waals surface area contributed by atoms with Crippen LogP contribution in [0.4, 0.5) is 16.2 Å². The zero-order valence-electron chi connectivity index (χ0n) is 13.1. The number of amides is 2. The molecule has 0 aromatic heterocycles. The van der Waals surface area contributed by atoms with Crippen molar-refractivity contribution in [1.82, 2.24) is 10.2 Å². The second kappa shape index (κ2) is 7.14. The number of rotatable bonds is 3. The van der Waals surface area contributed by atoms with Crippen molar-refractivity contribution in [3.8, 4) is 0 Å². The third kappa shape index (κ3) is 3.38. The van der Waals surface area contributed by atoms with E-state index in [-0.39, 0.29) is 12.6 Å². The van der Waals surface area contributed by atoms with E-state index in [9.17, 15) is 14.7 Å². The third-order valence-electron chi connectivity index (χ3n) is 3.96. The highest BCUT2D eigenvalue weighted by Gasteiger charge is 2.31. The normalized spacial score (nSPS) is 17.3. The van der Waals surface area contributed by atoms with Gasteiger partial charge in [0.15, 0.2) is 0 Å². The number of carbonyl (C=O) groups excluding carboxylic acids is 1. The summed E-state index contributed by atoms with van der Waals surface area (Å²) in [6.45, 7) is 1.07.